The van der Waals surface area contributed by atoms with Gasteiger partial charge in [-0.05, 0) is 38.5 Å². The van der Waals surface area contributed by atoms with Gasteiger partial charge in [-0.3, -0.25) is 9.59 Å². The van der Waals surface area contributed by atoms with Crippen LogP contribution < -0.4 is 5.73 Å². The lowest BCUT2D eigenvalue weighted by Crippen LogP contribution is -2.29. The smallest absolute Gasteiger partial charge is 0.320 e. The van der Waals surface area contributed by atoms with Gasteiger partial charge < -0.3 is 15.6 Å². The molecule has 0 saturated heterocycles. The van der Waals surface area contributed by atoms with E-state index in [1.165, 1.54) is 0 Å². The molecule has 3 N–H and O–H groups in total. The number of esters is 1. The maximum atomic E-state index is 11.7. The van der Waals surface area contributed by atoms with Crippen molar-refractivity contribution in [3.05, 3.63) is 12.2 Å². The normalized spacial score (nSPS) is 21.9. The molecule has 0 aliphatic heterocycles. The van der Waals surface area contributed by atoms with Crippen LogP contribution in [0.1, 0.15) is 64.2 Å². The monoisotopic (exact) mass is 297 g/mol. The first-order valence-corrected chi connectivity index (χ1v) is 7.92. The number of allylic oxidation sites excluding steroid dienone is 1. The third-order valence-corrected chi connectivity index (χ3v) is 3.72. The Labute approximate surface area is 126 Å². The molecule has 0 spiro atoms. The molecule has 0 aromatic heterocycles. The molecule has 0 amide bonds. The van der Waals surface area contributed by atoms with Gasteiger partial charge >= 0.3 is 11.9 Å². The summed E-state index contributed by atoms with van der Waals surface area (Å²) < 4.78 is 5.48. The summed E-state index contributed by atoms with van der Waals surface area (Å²) in [6.45, 7) is 0. The number of unbranched alkanes of at least 4 members (excludes halogenated alkanes) is 2. The highest BCUT2D eigenvalue weighted by Gasteiger charge is 2.14. The van der Waals surface area contributed by atoms with E-state index in [1.807, 2.05) is 0 Å². The molecule has 0 aromatic rings. The van der Waals surface area contributed by atoms with E-state index in [4.69, 9.17) is 15.6 Å². The Morgan fingerprint density at radius 2 is 2.05 bits per heavy atom. The molecule has 0 aromatic carbocycles. The molecule has 21 heavy (non-hydrogen) atoms. The van der Waals surface area contributed by atoms with E-state index in [1.54, 1.807) is 0 Å². The maximum absolute atomic E-state index is 11.7. The predicted molar refractivity (Wildman–Crippen MR) is 80.8 cm³/mol. The summed E-state index contributed by atoms with van der Waals surface area (Å²) in [5.41, 5.74) is 5.41. The molecule has 1 rings (SSSR count). The standard InChI is InChI=1S/C16H27NO4/c17-14(16(19)20)11-7-4-8-12-15(18)21-13-9-5-2-1-3-6-10-13/h2,5,13-14H,1,3-4,6-12,17H2,(H,19,20)/b5-2+/t13?,14-/m0/s1. The van der Waals surface area contributed by atoms with Gasteiger partial charge in [-0.15, -0.1) is 0 Å². The van der Waals surface area contributed by atoms with E-state index in [0.29, 0.717) is 12.8 Å². The average molecular weight is 297 g/mol. The van der Waals surface area contributed by atoms with Gasteiger partial charge in [0.25, 0.3) is 0 Å². The molecular formula is C16H27NO4. The zero-order valence-electron chi connectivity index (χ0n) is 12.6. The number of nitrogens with two attached hydrogens (primary N) is 1. The third-order valence-electron chi connectivity index (χ3n) is 3.72. The summed E-state index contributed by atoms with van der Waals surface area (Å²) in [5, 5.41) is 8.65. The Morgan fingerprint density at radius 1 is 1.24 bits per heavy atom. The van der Waals surface area contributed by atoms with Crippen molar-refractivity contribution in [2.75, 3.05) is 0 Å². The van der Waals surface area contributed by atoms with Crippen LogP contribution in [0.5, 0.6) is 0 Å². The summed E-state index contributed by atoms with van der Waals surface area (Å²) in [4.78, 5) is 22.3. The molecule has 2 atom stereocenters. The Bertz CT molecular complexity index is 354. The van der Waals surface area contributed by atoms with Gasteiger partial charge in [0.15, 0.2) is 0 Å². The van der Waals surface area contributed by atoms with Gasteiger partial charge in [0, 0.05) is 12.8 Å². The van der Waals surface area contributed by atoms with E-state index in [-0.39, 0.29) is 12.1 Å². The summed E-state index contributed by atoms with van der Waals surface area (Å²) >= 11 is 0. The minimum Gasteiger partial charge on any atom is -0.480 e. The minimum atomic E-state index is -0.966. The van der Waals surface area contributed by atoms with Crippen LogP contribution in [0.25, 0.3) is 0 Å². The second-order valence-corrected chi connectivity index (χ2v) is 5.65. The molecule has 0 fully saturated rings. The lowest BCUT2D eigenvalue weighted by Gasteiger charge is -2.17. The number of carboxylic acids is 1. The molecule has 0 saturated carbocycles. The molecule has 0 bridgehead atoms. The zero-order chi connectivity index (χ0) is 15.5. The Morgan fingerprint density at radius 3 is 2.81 bits per heavy atom. The average Bonchev–Trinajstić information content (AvgIpc) is 2.41. The fourth-order valence-electron chi connectivity index (χ4n) is 2.40. The van der Waals surface area contributed by atoms with Crippen molar-refractivity contribution >= 4 is 11.9 Å². The van der Waals surface area contributed by atoms with Crippen molar-refractivity contribution in [2.24, 2.45) is 5.73 Å². The summed E-state index contributed by atoms with van der Waals surface area (Å²) in [6, 6.07) is -0.793. The molecule has 1 aliphatic carbocycles. The molecule has 5 nitrogen and oxygen atoms in total. The zero-order valence-corrected chi connectivity index (χ0v) is 12.6. The van der Waals surface area contributed by atoms with Crippen LogP contribution in [0.15, 0.2) is 12.2 Å². The predicted octanol–water partition coefficient (Wildman–Crippen LogP) is 2.78. The SMILES string of the molecule is N[C@@H](CCCCCC(=O)OC1C/C=C/CCCC1)C(=O)O. The van der Waals surface area contributed by atoms with Crippen LogP contribution in [-0.2, 0) is 14.3 Å². The van der Waals surface area contributed by atoms with E-state index in [2.05, 4.69) is 12.2 Å². The molecule has 0 radical (unpaired) electrons. The highest BCUT2D eigenvalue weighted by atomic mass is 16.5. The maximum Gasteiger partial charge on any atom is 0.320 e. The van der Waals surface area contributed by atoms with Crippen LogP contribution in [0.4, 0.5) is 0 Å². The van der Waals surface area contributed by atoms with Gasteiger partial charge in [-0.1, -0.05) is 25.0 Å². The number of rotatable bonds is 8. The number of carboxylic acid groups (broad SMARTS) is 1. The first kappa shape index (κ1) is 17.7. The van der Waals surface area contributed by atoms with Crippen molar-refractivity contribution in [3.63, 3.8) is 0 Å². The first-order chi connectivity index (χ1) is 10.1. The van der Waals surface area contributed by atoms with Gasteiger partial charge in [-0.25, -0.2) is 0 Å². The largest absolute Gasteiger partial charge is 0.480 e. The lowest BCUT2D eigenvalue weighted by atomic mass is 10.0. The summed E-state index contributed by atoms with van der Waals surface area (Å²) in [5.74, 6) is -1.11. The molecule has 1 unspecified atom stereocenters. The fourth-order valence-corrected chi connectivity index (χ4v) is 2.40. The van der Waals surface area contributed by atoms with E-state index < -0.39 is 12.0 Å². The van der Waals surface area contributed by atoms with Gasteiger partial charge in [0.2, 0.25) is 0 Å². The number of hydrogen-bond acceptors (Lipinski definition) is 4. The van der Waals surface area contributed by atoms with Crippen LogP contribution in [0.3, 0.4) is 0 Å². The van der Waals surface area contributed by atoms with Gasteiger partial charge in [0.05, 0.1) is 0 Å². The van der Waals surface area contributed by atoms with Crippen molar-refractivity contribution in [2.45, 2.75) is 76.4 Å². The van der Waals surface area contributed by atoms with Crippen molar-refractivity contribution in [3.8, 4) is 0 Å². The third kappa shape index (κ3) is 8.50. The van der Waals surface area contributed by atoms with Crippen molar-refractivity contribution in [1.82, 2.24) is 0 Å². The second-order valence-electron chi connectivity index (χ2n) is 5.65. The van der Waals surface area contributed by atoms with Crippen LogP contribution in [0, 0.1) is 0 Å². The van der Waals surface area contributed by atoms with E-state index >= 15 is 0 Å². The number of carbonyl (C=O) groups is 2. The van der Waals surface area contributed by atoms with Crippen molar-refractivity contribution < 1.29 is 19.4 Å². The topological polar surface area (TPSA) is 89.6 Å². The highest BCUT2D eigenvalue weighted by Crippen LogP contribution is 2.16. The second kappa shape index (κ2) is 10.4. The number of hydrogen-bond donors (Lipinski definition) is 2. The molecular weight excluding hydrogens is 270 g/mol. The number of ether oxygens (including phenoxy) is 1. The van der Waals surface area contributed by atoms with Crippen LogP contribution in [0.2, 0.25) is 0 Å². The first-order valence-electron chi connectivity index (χ1n) is 7.92. The van der Waals surface area contributed by atoms with E-state index in [0.717, 1.165) is 51.4 Å². The molecule has 120 valence electrons. The Hall–Kier alpha value is -1.36. The van der Waals surface area contributed by atoms with Crippen LogP contribution in [-0.4, -0.2) is 29.2 Å². The number of aliphatic carboxylic acids is 1. The summed E-state index contributed by atoms with van der Waals surface area (Å²) in [7, 11) is 0. The fraction of sp³-hybridized carbons (Fsp3) is 0.750. The number of carbonyl (C=O) groups excluding carboxylic acids is 1. The Balaban J connectivity index is 2.09. The molecule has 1 aliphatic rings. The Kier molecular flexibility index (Phi) is 8.74. The quantitative estimate of drug-likeness (QED) is 0.408. The molecule has 0 heterocycles. The molecule has 5 heteroatoms. The van der Waals surface area contributed by atoms with Gasteiger partial charge in [0.1, 0.15) is 12.1 Å². The lowest BCUT2D eigenvalue weighted by molar-refractivity contribution is -0.149. The highest BCUT2D eigenvalue weighted by molar-refractivity contribution is 5.72. The summed E-state index contributed by atoms with van der Waals surface area (Å²) in [6.07, 6.45) is 12.6. The van der Waals surface area contributed by atoms with Crippen molar-refractivity contribution in [1.29, 1.82) is 0 Å². The van der Waals surface area contributed by atoms with Gasteiger partial charge in [-0.2, -0.15) is 0 Å². The van der Waals surface area contributed by atoms with E-state index in [9.17, 15) is 9.59 Å². The minimum absolute atomic E-state index is 0.0227. The van der Waals surface area contributed by atoms with Crippen LogP contribution >= 0.6 is 0 Å².